The van der Waals surface area contributed by atoms with Crippen LogP contribution >= 0.6 is 34.0 Å². The van der Waals surface area contributed by atoms with E-state index in [1.54, 1.807) is 34.0 Å². The normalized spacial score (nSPS) is 11.3. The summed E-state index contributed by atoms with van der Waals surface area (Å²) >= 11 is 5.18. The Bertz CT molecular complexity index is 3210. The van der Waals surface area contributed by atoms with Gasteiger partial charge in [-0.15, -0.1) is 34.0 Å². The van der Waals surface area contributed by atoms with Gasteiger partial charge in [0.25, 0.3) is 0 Å². The van der Waals surface area contributed by atoms with Crippen LogP contribution in [0.5, 0.6) is 0 Å². The number of thiophene rings is 3. The Morgan fingerprint density at radius 3 is 0.794 bits per heavy atom. The fraction of sp³-hybridized carbons (Fsp3) is 0.105. The van der Waals surface area contributed by atoms with Crippen LogP contribution in [0.4, 0.5) is 0 Å². The van der Waals surface area contributed by atoms with Crippen molar-refractivity contribution < 1.29 is 0 Å². The summed E-state index contributed by atoms with van der Waals surface area (Å²) in [5.41, 5.74) is 17.4. The molecule has 0 aliphatic rings. The minimum Gasteiger partial charge on any atom is -0.192 e. The maximum absolute atomic E-state index is 11.5. The lowest BCUT2D eigenvalue weighted by Crippen LogP contribution is -2.07. The molecular weight excluding hydrogens is 823 g/mol. The highest BCUT2D eigenvalue weighted by atomic mass is 32.1. The van der Waals surface area contributed by atoms with Crippen molar-refractivity contribution in [3.05, 3.63) is 175 Å². The van der Waals surface area contributed by atoms with E-state index in [1.165, 1.54) is 30.3 Å². The lowest BCUT2D eigenvalue weighted by atomic mass is 9.75. The summed E-state index contributed by atoms with van der Waals surface area (Å²) in [6, 6.07) is 46.9. The van der Waals surface area contributed by atoms with E-state index in [1.807, 2.05) is 0 Å². The van der Waals surface area contributed by atoms with Gasteiger partial charge in [0.1, 0.15) is 18.2 Å². The Morgan fingerprint density at radius 1 is 0.302 bits per heavy atom. The molecule has 3 aromatic heterocycles. The van der Waals surface area contributed by atoms with Gasteiger partial charge in [-0.25, -0.2) is 0 Å². The zero-order chi connectivity index (χ0) is 43.7. The monoisotopic (exact) mass is 861 g/mol. The van der Waals surface area contributed by atoms with Crippen molar-refractivity contribution in [3.8, 4) is 85.0 Å². The number of benzene rings is 7. The molecule has 10 aromatic rings. The number of nitriles is 3. The van der Waals surface area contributed by atoms with E-state index >= 15 is 0 Å². The van der Waals surface area contributed by atoms with Crippen LogP contribution in [0.1, 0.15) is 50.1 Å². The maximum Gasteiger partial charge on any atom is 0.101 e. The fourth-order valence-corrected chi connectivity index (χ4v) is 12.2. The quantitative estimate of drug-likeness (QED) is 0.167. The molecule has 3 heterocycles. The van der Waals surface area contributed by atoms with Crippen LogP contribution in [0, 0.1) is 75.5 Å². The van der Waals surface area contributed by atoms with Crippen LogP contribution in [0.3, 0.4) is 0 Å². The SMILES string of the molecule is Cc1cc(-c2ccc3sccc3c2)cc(C)c1-c1c(C#N)c(-c2c(C)cc(-c3ccc4sccc4c3)cc2C)c(C#N)c(-c2c(C)cc(-c3ccc4sccc4c3)cc2C)c1C#N. The summed E-state index contributed by atoms with van der Waals surface area (Å²) in [7, 11) is 0. The van der Waals surface area contributed by atoms with Crippen LogP contribution in [0.25, 0.3) is 97.0 Å². The topological polar surface area (TPSA) is 71.4 Å². The maximum atomic E-state index is 11.5. The third-order valence-electron chi connectivity index (χ3n) is 12.5. The van der Waals surface area contributed by atoms with E-state index < -0.39 is 0 Å². The molecule has 3 nitrogen and oxygen atoms in total. The molecule has 0 N–H and O–H groups in total. The molecule has 0 radical (unpaired) electrons. The minimum atomic E-state index is 0.333. The largest absolute Gasteiger partial charge is 0.192 e. The first-order valence-electron chi connectivity index (χ1n) is 20.8. The molecule has 7 aromatic carbocycles. The first-order valence-corrected chi connectivity index (χ1v) is 23.4. The number of aryl methyl sites for hydroxylation is 6. The molecule has 63 heavy (non-hydrogen) atoms. The second kappa shape index (κ2) is 15.7. The van der Waals surface area contributed by atoms with Crippen LogP contribution < -0.4 is 0 Å². The van der Waals surface area contributed by atoms with E-state index in [2.05, 4.69) is 185 Å². The van der Waals surface area contributed by atoms with Crippen LogP contribution in [-0.2, 0) is 0 Å². The van der Waals surface area contributed by atoms with Crippen molar-refractivity contribution >= 4 is 64.3 Å². The first kappa shape index (κ1) is 40.0. The lowest BCUT2D eigenvalue weighted by Gasteiger charge is -2.25. The molecule has 0 unspecified atom stereocenters. The molecule has 10 rings (SSSR count). The van der Waals surface area contributed by atoms with Crippen LogP contribution in [0.2, 0.25) is 0 Å². The highest BCUT2D eigenvalue weighted by Crippen LogP contribution is 2.50. The second-order valence-electron chi connectivity index (χ2n) is 16.6. The summed E-state index contributed by atoms with van der Waals surface area (Å²) < 4.78 is 3.72. The summed E-state index contributed by atoms with van der Waals surface area (Å²) in [6.45, 7) is 12.4. The molecule has 0 saturated heterocycles. The van der Waals surface area contributed by atoms with Crippen molar-refractivity contribution in [2.45, 2.75) is 41.5 Å². The molecule has 0 aliphatic carbocycles. The van der Waals surface area contributed by atoms with E-state index in [0.29, 0.717) is 33.4 Å². The number of nitrogens with zero attached hydrogens (tertiary/aromatic N) is 3. The van der Waals surface area contributed by atoms with Gasteiger partial charge in [-0.3, -0.25) is 0 Å². The Hall–Kier alpha value is -7.11. The van der Waals surface area contributed by atoms with E-state index in [9.17, 15) is 15.8 Å². The Morgan fingerprint density at radius 2 is 0.556 bits per heavy atom. The van der Waals surface area contributed by atoms with Crippen molar-refractivity contribution in [1.82, 2.24) is 0 Å². The zero-order valence-electron chi connectivity index (χ0n) is 35.7. The molecule has 0 saturated carbocycles. The first-order chi connectivity index (χ1) is 30.6. The third-order valence-corrected chi connectivity index (χ3v) is 15.2. The predicted octanol–water partition coefficient (Wildman–Crippen LogP) is 16.8. The van der Waals surface area contributed by atoms with Gasteiger partial charge < -0.3 is 0 Å². The number of rotatable bonds is 6. The highest BCUT2D eigenvalue weighted by Gasteiger charge is 2.31. The Kier molecular flexibility index (Phi) is 9.94. The minimum absolute atomic E-state index is 0.333. The summed E-state index contributed by atoms with van der Waals surface area (Å²) in [4.78, 5) is 0. The predicted molar refractivity (Wildman–Crippen MR) is 268 cm³/mol. The fourth-order valence-electron chi connectivity index (χ4n) is 9.85. The smallest absolute Gasteiger partial charge is 0.101 e. The van der Waals surface area contributed by atoms with Gasteiger partial charge in [0.05, 0.1) is 16.7 Å². The molecule has 0 aliphatic heterocycles. The van der Waals surface area contributed by atoms with Crippen molar-refractivity contribution in [1.29, 1.82) is 15.8 Å². The van der Waals surface area contributed by atoms with Crippen molar-refractivity contribution in [2.75, 3.05) is 0 Å². The molecule has 0 spiro atoms. The summed E-state index contributed by atoms with van der Waals surface area (Å²) in [5, 5.41) is 44.4. The number of hydrogen-bond donors (Lipinski definition) is 0. The average molecular weight is 862 g/mol. The Labute approximate surface area is 379 Å². The molecule has 300 valence electrons. The zero-order valence-corrected chi connectivity index (χ0v) is 38.1. The molecule has 0 fully saturated rings. The Balaban J connectivity index is 1.26. The van der Waals surface area contributed by atoms with Gasteiger partial charge in [-0.2, -0.15) is 15.8 Å². The molecule has 0 atom stereocenters. The van der Waals surface area contributed by atoms with Gasteiger partial charge in [-0.05, 0) is 212 Å². The van der Waals surface area contributed by atoms with E-state index in [4.69, 9.17) is 0 Å². The van der Waals surface area contributed by atoms with Gasteiger partial charge in [-0.1, -0.05) is 54.6 Å². The molecular formula is C57H39N3S3. The standard InChI is InChI=1S/C57H39N3S3/c1-31-19-43(37-7-10-49-40(25-37)13-16-61-49)20-32(2)52(31)55-46(28-58)56(53-33(3)21-44(22-34(53)4)38-8-11-50-41(26-38)14-17-62-50)48(30-60)57(47(55)29-59)54-35(5)23-45(24-36(54)6)39-9-12-51-42(27-39)15-18-63-51/h7-27H,1-6H3. The van der Waals surface area contributed by atoms with Gasteiger partial charge in [0, 0.05) is 30.8 Å². The van der Waals surface area contributed by atoms with Crippen LogP contribution in [0.15, 0.2) is 125 Å². The lowest BCUT2D eigenvalue weighted by molar-refractivity contribution is 1.31. The summed E-state index contributed by atoms with van der Waals surface area (Å²) in [5.74, 6) is 0. The molecule has 0 bridgehead atoms. The van der Waals surface area contributed by atoms with Crippen molar-refractivity contribution in [3.63, 3.8) is 0 Å². The molecule has 6 heteroatoms. The third kappa shape index (κ3) is 6.66. The number of fused-ring (bicyclic) bond motifs is 3. The number of hydrogen-bond acceptors (Lipinski definition) is 6. The van der Waals surface area contributed by atoms with E-state index in [0.717, 1.165) is 83.5 Å². The van der Waals surface area contributed by atoms with Crippen molar-refractivity contribution in [2.24, 2.45) is 0 Å². The second-order valence-corrected chi connectivity index (χ2v) is 19.4. The van der Waals surface area contributed by atoms with Gasteiger partial charge in [0.15, 0.2) is 0 Å². The van der Waals surface area contributed by atoms with Gasteiger partial charge >= 0.3 is 0 Å². The summed E-state index contributed by atoms with van der Waals surface area (Å²) in [6.07, 6.45) is 0. The molecule has 0 amide bonds. The average Bonchev–Trinajstić information content (AvgIpc) is 4.06. The van der Waals surface area contributed by atoms with Crippen LogP contribution in [-0.4, -0.2) is 0 Å². The highest BCUT2D eigenvalue weighted by molar-refractivity contribution is 7.17. The van der Waals surface area contributed by atoms with Gasteiger partial charge in [0.2, 0.25) is 0 Å². The van der Waals surface area contributed by atoms with E-state index in [-0.39, 0.29) is 0 Å².